The summed E-state index contributed by atoms with van der Waals surface area (Å²) in [7, 11) is 1.83. The minimum atomic E-state index is -0.621. The smallest absolute Gasteiger partial charge is 0.295 e. The van der Waals surface area contributed by atoms with Crippen LogP contribution >= 0.6 is 0 Å². The Morgan fingerprint density at radius 2 is 2.26 bits per heavy atom. The fourth-order valence-electron chi connectivity index (χ4n) is 1.78. The van der Waals surface area contributed by atoms with Crippen LogP contribution in [0.4, 0.5) is 15.8 Å². The second kappa shape index (κ2) is 5.47. The molecule has 2 rings (SSSR count). The van der Waals surface area contributed by atoms with Gasteiger partial charge in [0.25, 0.3) is 5.69 Å². The van der Waals surface area contributed by atoms with Gasteiger partial charge in [0.15, 0.2) is 0 Å². The Morgan fingerprint density at radius 1 is 1.47 bits per heavy atom. The van der Waals surface area contributed by atoms with Crippen molar-refractivity contribution in [2.45, 2.75) is 6.42 Å². The standard InChI is InChI=1S/C12H13FN4O2/c1-16-10(5-7-15-16)4-6-14-11-3-2-9(13)8-12(11)17(18)19/h2-3,5,7-8,14H,4,6H2,1H3. The van der Waals surface area contributed by atoms with E-state index in [-0.39, 0.29) is 5.69 Å². The minimum Gasteiger partial charge on any atom is -0.379 e. The SMILES string of the molecule is Cn1nccc1CCNc1ccc(F)cc1[N+](=O)[O-]. The first-order chi connectivity index (χ1) is 9.08. The molecule has 0 aliphatic heterocycles. The van der Waals surface area contributed by atoms with Gasteiger partial charge in [-0.2, -0.15) is 5.10 Å². The van der Waals surface area contributed by atoms with Gasteiger partial charge in [0.1, 0.15) is 11.5 Å². The summed E-state index contributed by atoms with van der Waals surface area (Å²) in [5.74, 6) is -0.621. The fraction of sp³-hybridized carbons (Fsp3) is 0.250. The number of anilines is 1. The van der Waals surface area contributed by atoms with Crippen molar-refractivity contribution in [1.82, 2.24) is 9.78 Å². The molecular formula is C12H13FN4O2. The molecule has 0 bridgehead atoms. The second-order valence-corrected chi connectivity index (χ2v) is 4.04. The summed E-state index contributed by atoms with van der Waals surface area (Å²) in [5, 5.41) is 17.8. The van der Waals surface area contributed by atoms with Gasteiger partial charge in [-0.3, -0.25) is 14.8 Å². The predicted molar refractivity (Wildman–Crippen MR) is 68.5 cm³/mol. The summed E-state index contributed by atoms with van der Waals surface area (Å²) in [5.41, 5.74) is 1.07. The molecule has 100 valence electrons. The number of aryl methyl sites for hydroxylation is 1. The molecule has 0 atom stereocenters. The molecule has 0 saturated heterocycles. The molecule has 6 nitrogen and oxygen atoms in total. The van der Waals surface area contributed by atoms with Gasteiger partial charge in [-0.15, -0.1) is 0 Å². The summed E-state index contributed by atoms with van der Waals surface area (Å²) in [6.45, 7) is 0.506. The summed E-state index contributed by atoms with van der Waals surface area (Å²) in [4.78, 5) is 10.2. The van der Waals surface area contributed by atoms with E-state index < -0.39 is 10.7 Å². The van der Waals surface area contributed by atoms with Crippen molar-refractivity contribution in [2.24, 2.45) is 7.05 Å². The lowest BCUT2D eigenvalue weighted by Gasteiger charge is -2.07. The first-order valence-corrected chi connectivity index (χ1v) is 5.72. The van der Waals surface area contributed by atoms with E-state index >= 15 is 0 Å². The van der Waals surface area contributed by atoms with Crippen LogP contribution in [0.5, 0.6) is 0 Å². The van der Waals surface area contributed by atoms with E-state index in [1.54, 1.807) is 10.9 Å². The number of hydrogen-bond acceptors (Lipinski definition) is 4. The number of aromatic nitrogens is 2. The lowest BCUT2D eigenvalue weighted by Crippen LogP contribution is -2.09. The van der Waals surface area contributed by atoms with Gasteiger partial charge in [0, 0.05) is 31.9 Å². The normalized spacial score (nSPS) is 10.4. The predicted octanol–water partition coefficient (Wildman–Crippen LogP) is 2.12. The molecule has 0 amide bonds. The average molecular weight is 264 g/mol. The number of nitrogens with one attached hydrogen (secondary N) is 1. The van der Waals surface area contributed by atoms with E-state index in [0.717, 1.165) is 11.8 Å². The quantitative estimate of drug-likeness (QED) is 0.663. The number of benzene rings is 1. The number of nitro benzene ring substituents is 1. The Labute approximate surface area is 109 Å². The van der Waals surface area contributed by atoms with Gasteiger partial charge in [-0.05, 0) is 18.2 Å². The number of halogens is 1. The molecule has 0 spiro atoms. The third-order valence-corrected chi connectivity index (χ3v) is 2.78. The molecule has 0 radical (unpaired) electrons. The van der Waals surface area contributed by atoms with E-state index in [2.05, 4.69) is 10.4 Å². The highest BCUT2D eigenvalue weighted by molar-refractivity contribution is 5.61. The van der Waals surface area contributed by atoms with Gasteiger partial charge < -0.3 is 5.32 Å². The van der Waals surface area contributed by atoms with Crippen LogP contribution in [-0.4, -0.2) is 21.2 Å². The first-order valence-electron chi connectivity index (χ1n) is 5.72. The van der Waals surface area contributed by atoms with Gasteiger partial charge in [0.2, 0.25) is 0 Å². The van der Waals surface area contributed by atoms with Crippen molar-refractivity contribution in [3.05, 3.63) is 52.1 Å². The zero-order chi connectivity index (χ0) is 13.8. The molecule has 0 unspecified atom stereocenters. The molecular weight excluding hydrogens is 251 g/mol. The van der Waals surface area contributed by atoms with Crippen molar-refractivity contribution < 1.29 is 9.31 Å². The number of rotatable bonds is 5. The van der Waals surface area contributed by atoms with Gasteiger partial charge in [-0.1, -0.05) is 0 Å². The molecule has 0 aliphatic carbocycles. The maximum absolute atomic E-state index is 13.0. The van der Waals surface area contributed by atoms with Crippen molar-refractivity contribution in [2.75, 3.05) is 11.9 Å². The molecule has 1 heterocycles. The van der Waals surface area contributed by atoms with E-state index in [1.807, 2.05) is 13.1 Å². The van der Waals surface area contributed by atoms with E-state index in [4.69, 9.17) is 0 Å². The van der Waals surface area contributed by atoms with Crippen LogP contribution in [-0.2, 0) is 13.5 Å². The Morgan fingerprint density at radius 3 is 2.89 bits per heavy atom. The molecule has 0 saturated carbocycles. The Balaban J connectivity index is 2.03. The van der Waals surface area contributed by atoms with Crippen molar-refractivity contribution in [3.63, 3.8) is 0 Å². The molecule has 1 N–H and O–H groups in total. The first kappa shape index (κ1) is 13.0. The zero-order valence-electron chi connectivity index (χ0n) is 10.3. The van der Waals surface area contributed by atoms with Crippen LogP contribution in [0.2, 0.25) is 0 Å². The third-order valence-electron chi connectivity index (χ3n) is 2.78. The summed E-state index contributed by atoms with van der Waals surface area (Å²) in [6.07, 6.45) is 2.36. The molecule has 1 aromatic carbocycles. The van der Waals surface area contributed by atoms with Crippen molar-refractivity contribution in [1.29, 1.82) is 0 Å². The number of hydrogen-bond donors (Lipinski definition) is 1. The highest BCUT2D eigenvalue weighted by Gasteiger charge is 2.14. The highest BCUT2D eigenvalue weighted by Crippen LogP contribution is 2.24. The zero-order valence-corrected chi connectivity index (χ0v) is 10.3. The van der Waals surface area contributed by atoms with E-state index in [9.17, 15) is 14.5 Å². The number of nitrogens with zero attached hydrogens (tertiary/aromatic N) is 3. The van der Waals surface area contributed by atoms with Crippen LogP contribution in [0.3, 0.4) is 0 Å². The maximum atomic E-state index is 13.0. The van der Waals surface area contributed by atoms with Crippen LogP contribution in [0.25, 0.3) is 0 Å². The Hall–Kier alpha value is -2.44. The molecule has 0 fully saturated rings. The summed E-state index contributed by atoms with van der Waals surface area (Å²) >= 11 is 0. The lowest BCUT2D eigenvalue weighted by atomic mass is 10.2. The maximum Gasteiger partial charge on any atom is 0.295 e. The van der Waals surface area contributed by atoms with E-state index in [1.165, 1.54) is 12.1 Å². The molecule has 1 aromatic heterocycles. The van der Waals surface area contributed by atoms with Gasteiger partial charge in [-0.25, -0.2) is 4.39 Å². The van der Waals surface area contributed by atoms with Crippen LogP contribution in [0.15, 0.2) is 30.5 Å². The second-order valence-electron chi connectivity index (χ2n) is 4.04. The van der Waals surface area contributed by atoms with Crippen LogP contribution in [0.1, 0.15) is 5.69 Å². The molecule has 19 heavy (non-hydrogen) atoms. The fourth-order valence-corrected chi connectivity index (χ4v) is 1.78. The largest absolute Gasteiger partial charge is 0.379 e. The third kappa shape index (κ3) is 3.06. The monoisotopic (exact) mass is 264 g/mol. The topological polar surface area (TPSA) is 73.0 Å². The highest BCUT2D eigenvalue weighted by atomic mass is 19.1. The van der Waals surface area contributed by atoms with Crippen LogP contribution < -0.4 is 5.32 Å². The minimum absolute atomic E-state index is 0.259. The van der Waals surface area contributed by atoms with Gasteiger partial charge in [0.05, 0.1) is 11.0 Å². The number of nitro groups is 1. The molecule has 2 aromatic rings. The lowest BCUT2D eigenvalue weighted by molar-refractivity contribution is -0.384. The molecule has 7 heteroatoms. The Kier molecular flexibility index (Phi) is 3.74. The average Bonchev–Trinajstić information content (AvgIpc) is 2.77. The Bertz CT molecular complexity index is 597. The van der Waals surface area contributed by atoms with Crippen LogP contribution in [0, 0.1) is 15.9 Å². The van der Waals surface area contributed by atoms with Crippen molar-refractivity contribution in [3.8, 4) is 0 Å². The summed E-state index contributed by atoms with van der Waals surface area (Å²) in [6, 6.07) is 5.35. The van der Waals surface area contributed by atoms with Gasteiger partial charge >= 0.3 is 0 Å². The summed E-state index contributed by atoms with van der Waals surface area (Å²) < 4.78 is 14.7. The van der Waals surface area contributed by atoms with Crippen molar-refractivity contribution >= 4 is 11.4 Å². The molecule has 0 aliphatic rings. The van der Waals surface area contributed by atoms with E-state index in [0.29, 0.717) is 18.7 Å².